The number of aryl methyl sites for hydroxylation is 1. The Kier molecular flexibility index (Phi) is 5.19. The summed E-state index contributed by atoms with van der Waals surface area (Å²) < 4.78 is 5.56. The third-order valence-corrected chi connectivity index (χ3v) is 6.90. The summed E-state index contributed by atoms with van der Waals surface area (Å²) in [4.78, 5) is 15.4. The Morgan fingerprint density at radius 2 is 1.77 bits per heavy atom. The maximum atomic E-state index is 12.9. The second kappa shape index (κ2) is 8.01. The highest BCUT2D eigenvalue weighted by Gasteiger charge is 2.46. The van der Waals surface area contributed by atoms with Gasteiger partial charge in [0.15, 0.2) is 5.76 Å². The summed E-state index contributed by atoms with van der Waals surface area (Å²) in [6.07, 6.45) is 0. The minimum absolute atomic E-state index is 0.0208. The van der Waals surface area contributed by atoms with Crippen molar-refractivity contribution in [2.24, 2.45) is 5.92 Å². The van der Waals surface area contributed by atoms with Gasteiger partial charge in [0, 0.05) is 31.5 Å². The van der Waals surface area contributed by atoms with Gasteiger partial charge in [0.05, 0.1) is 6.04 Å². The van der Waals surface area contributed by atoms with Crippen LogP contribution in [0.4, 0.5) is 0 Å². The Balaban J connectivity index is 1.34. The van der Waals surface area contributed by atoms with Crippen LogP contribution in [0.3, 0.4) is 0 Å². The first-order valence-electron chi connectivity index (χ1n) is 11.3. The zero-order valence-electron chi connectivity index (χ0n) is 18.5. The molecule has 3 aromatic rings. The predicted octanol–water partition coefficient (Wildman–Crippen LogP) is 5.41. The van der Waals surface area contributed by atoms with Gasteiger partial charge in [-0.05, 0) is 47.2 Å². The van der Waals surface area contributed by atoms with Gasteiger partial charge in [0.2, 0.25) is 0 Å². The van der Waals surface area contributed by atoms with E-state index in [1.165, 1.54) is 22.3 Å². The van der Waals surface area contributed by atoms with Gasteiger partial charge in [-0.25, -0.2) is 0 Å². The molecular weight excluding hydrogens is 384 g/mol. The zero-order chi connectivity index (χ0) is 21.5. The van der Waals surface area contributed by atoms with Crippen LogP contribution in [-0.2, 0) is 6.54 Å². The molecule has 2 aromatic carbocycles. The number of hydrogen-bond acceptors (Lipinski definition) is 3. The molecule has 1 saturated heterocycles. The van der Waals surface area contributed by atoms with E-state index in [-0.39, 0.29) is 11.9 Å². The van der Waals surface area contributed by atoms with E-state index in [0.717, 1.165) is 25.4 Å². The Bertz CT molecular complexity index is 1080. The van der Waals surface area contributed by atoms with E-state index in [0.29, 0.717) is 23.5 Å². The van der Waals surface area contributed by atoms with E-state index in [1.54, 1.807) is 6.07 Å². The third-order valence-electron chi connectivity index (χ3n) is 6.90. The zero-order valence-corrected chi connectivity index (χ0v) is 18.5. The first kappa shape index (κ1) is 20.1. The van der Waals surface area contributed by atoms with Crippen LogP contribution >= 0.6 is 0 Å². The van der Waals surface area contributed by atoms with E-state index in [2.05, 4.69) is 72.6 Å². The number of amides is 1. The lowest BCUT2D eigenvalue weighted by molar-refractivity contribution is 0.0894. The molecule has 2 heterocycles. The van der Waals surface area contributed by atoms with Gasteiger partial charge in [0.1, 0.15) is 5.76 Å². The normalized spacial score (nSPS) is 22.5. The van der Waals surface area contributed by atoms with Crippen molar-refractivity contribution in [2.75, 3.05) is 13.1 Å². The van der Waals surface area contributed by atoms with Crippen LogP contribution in [0.2, 0.25) is 0 Å². The highest BCUT2D eigenvalue weighted by atomic mass is 16.3. The van der Waals surface area contributed by atoms with Crippen LogP contribution in [-0.4, -0.2) is 23.9 Å². The van der Waals surface area contributed by atoms with Crippen LogP contribution in [0.25, 0.3) is 0 Å². The standard InChI is InChI=1S/C27H30N2O2/c1-17(2)20-11-9-19(10-12-20)14-29-15-23-21-6-4-5-7-22(21)26(24(23)16-29)28-27(30)25-13-8-18(3)31-25/h4-13,17,23-24,26H,14-16H2,1-3H3,(H,28,30)/t23-,24-,26+/m0/s1. The Morgan fingerprint density at radius 3 is 2.45 bits per heavy atom. The first-order valence-corrected chi connectivity index (χ1v) is 11.3. The molecule has 0 bridgehead atoms. The lowest BCUT2D eigenvalue weighted by atomic mass is 9.94. The molecular formula is C27H30N2O2. The number of likely N-dealkylation sites (tertiary alicyclic amines) is 1. The van der Waals surface area contributed by atoms with E-state index < -0.39 is 0 Å². The average molecular weight is 415 g/mol. The second-order valence-corrected chi connectivity index (χ2v) is 9.35. The number of furan rings is 1. The molecule has 2 aliphatic rings. The lowest BCUT2D eigenvalue weighted by Gasteiger charge is -2.23. The number of hydrogen-bond donors (Lipinski definition) is 1. The summed E-state index contributed by atoms with van der Waals surface area (Å²) >= 11 is 0. The van der Waals surface area contributed by atoms with Crippen molar-refractivity contribution >= 4 is 5.91 Å². The van der Waals surface area contributed by atoms with Crippen molar-refractivity contribution in [2.45, 2.75) is 45.2 Å². The molecule has 5 rings (SSSR count). The molecule has 1 aliphatic heterocycles. The fourth-order valence-corrected chi connectivity index (χ4v) is 5.29. The molecule has 4 nitrogen and oxygen atoms in total. The van der Waals surface area contributed by atoms with Crippen LogP contribution in [0.1, 0.15) is 70.3 Å². The van der Waals surface area contributed by atoms with E-state index in [9.17, 15) is 4.79 Å². The van der Waals surface area contributed by atoms with E-state index in [4.69, 9.17) is 4.42 Å². The number of carbonyl (C=O) groups is 1. The number of nitrogens with zero attached hydrogens (tertiary/aromatic N) is 1. The smallest absolute Gasteiger partial charge is 0.287 e. The molecule has 1 aromatic heterocycles. The van der Waals surface area contributed by atoms with Crippen molar-refractivity contribution in [1.82, 2.24) is 10.2 Å². The Labute approximate surface area is 184 Å². The summed E-state index contributed by atoms with van der Waals surface area (Å²) in [6.45, 7) is 9.28. The van der Waals surface area contributed by atoms with Gasteiger partial charge >= 0.3 is 0 Å². The topological polar surface area (TPSA) is 45.5 Å². The molecule has 1 amide bonds. The van der Waals surface area contributed by atoms with Crippen molar-refractivity contribution in [3.05, 3.63) is 94.4 Å². The summed E-state index contributed by atoms with van der Waals surface area (Å²) in [7, 11) is 0. The van der Waals surface area contributed by atoms with Gasteiger partial charge < -0.3 is 9.73 Å². The number of fused-ring (bicyclic) bond motifs is 3. The first-order chi connectivity index (χ1) is 15.0. The monoisotopic (exact) mass is 414 g/mol. The maximum absolute atomic E-state index is 12.9. The molecule has 1 fully saturated rings. The Morgan fingerprint density at radius 1 is 1.03 bits per heavy atom. The summed E-state index contributed by atoms with van der Waals surface area (Å²) in [6, 6.07) is 21.2. The highest BCUT2D eigenvalue weighted by molar-refractivity contribution is 5.92. The molecule has 4 heteroatoms. The fourth-order valence-electron chi connectivity index (χ4n) is 5.29. The van der Waals surface area contributed by atoms with Crippen molar-refractivity contribution in [3.63, 3.8) is 0 Å². The molecule has 1 N–H and O–H groups in total. The summed E-state index contributed by atoms with van der Waals surface area (Å²) in [5, 5.41) is 3.28. The number of rotatable bonds is 5. The van der Waals surface area contributed by atoms with Crippen molar-refractivity contribution < 1.29 is 9.21 Å². The lowest BCUT2D eigenvalue weighted by Crippen LogP contribution is -2.33. The van der Waals surface area contributed by atoms with Gasteiger partial charge in [0.25, 0.3) is 5.91 Å². The number of nitrogens with one attached hydrogen (secondary N) is 1. The molecule has 31 heavy (non-hydrogen) atoms. The molecule has 1 aliphatic carbocycles. The average Bonchev–Trinajstić information content (AvgIpc) is 3.44. The fraction of sp³-hybridized carbons (Fsp3) is 0.370. The molecule has 160 valence electrons. The number of carbonyl (C=O) groups excluding carboxylic acids is 1. The van der Waals surface area contributed by atoms with Gasteiger partial charge in [-0.1, -0.05) is 62.4 Å². The van der Waals surface area contributed by atoms with Crippen molar-refractivity contribution in [3.8, 4) is 0 Å². The predicted molar refractivity (Wildman–Crippen MR) is 122 cm³/mol. The minimum Gasteiger partial charge on any atom is -0.456 e. The third kappa shape index (κ3) is 3.81. The van der Waals surface area contributed by atoms with Crippen LogP contribution in [0.15, 0.2) is 65.1 Å². The van der Waals surface area contributed by atoms with E-state index >= 15 is 0 Å². The van der Waals surface area contributed by atoms with Crippen LogP contribution < -0.4 is 5.32 Å². The molecule has 0 spiro atoms. The van der Waals surface area contributed by atoms with E-state index in [1.807, 2.05) is 13.0 Å². The quantitative estimate of drug-likeness (QED) is 0.607. The highest BCUT2D eigenvalue weighted by Crippen LogP contribution is 2.49. The summed E-state index contributed by atoms with van der Waals surface area (Å²) in [5.41, 5.74) is 5.37. The number of benzene rings is 2. The van der Waals surface area contributed by atoms with Gasteiger partial charge in [-0.2, -0.15) is 0 Å². The molecule has 3 atom stereocenters. The van der Waals surface area contributed by atoms with Gasteiger partial charge in [-0.3, -0.25) is 9.69 Å². The molecule has 0 unspecified atom stereocenters. The Hall–Kier alpha value is -2.85. The maximum Gasteiger partial charge on any atom is 0.287 e. The molecule has 0 radical (unpaired) electrons. The SMILES string of the molecule is Cc1ccc(C(=O)N[C@@H]2c3ccccc3[C@@H]3CN(Cc4ccc(C(C)C)cc4)C[C@H]23)o1. The summed E-state index contributed by atoms with van der Waals surface area (Å²) in [5.74, 6) is 2.40. The minimum atomic E-state index is -0.128. The second-order valence-electron chi connectivity index (χ2n) is 9.35. The van der Waals surface area contributed by atoms with Crippen LogP contribution in [0, 0.1) is 12.8 Å². The largest absolute Gasteiger partial charge is 0.456 e. The van der Waals surface area contributed by atoms with Crippen LogP contribution in [0.5, 0.6) is 0 Å². The van der Waals surface area contributed by atoms with Crippen molar-refractivity contribution in [1.29, 1.82) is 0 Å². The molecule has 0 saturated carbocycles. The van der Waals surface area contributed by atoms with Gasteiger partial charge in [-0.15, -0.1) is 0 Å².